The summed E-state index contributed by atoms with van der Waals surface area (Å²) in [5.41, 5.74) is 0.548. The van der Waals surface area contributed by atoms with E-state index in [1.807, 2.05) is 0 Å². The summed E-state index contributed by atoms with van der Waals surface area (Å²) >= 11 is 0. The lowest BCUT2D eigenvalue weighted by Gasteiger charge is -2.34. The molecule has 3 rings (SSSR count). The number of phenolic OH excluding ortho intramolecular Hbond substituents is 1. The number of hydrogen-bond acceptors (Lipinski definition) is 6. The lowest BCUT2D eigenvalue weighted by atomic mass is 10.1. The van der Waals surface area contributed by atoms with Gasteiger partial charge in [0, 0.05) is 39.6 Å². The van der Waals surface area contributed by atoms with Crippen molar-refractivity contribution in [3.63, 3.8) is 0 Å². The second-order valence-corrected chi connectivity index (χ2v) is 6.84. The first kappa shape index (κ1) is 19.9. The highest BCUT2D eigenvalue weighted by molar-refractivity contribution is 5.95. The van der Waals surface area contributed by atoms with Crippen molar-refractivity contribution in [2.75, 3.05) is 39.8 Å². The third kappa shape index (κ3) is 4.01. The molecule has 2 aromatic rings. The fourth-order valence-electron chi connectivity index (χ4n) is 3.33. The van der Waals surface area contributed by atoms with Crippen LogP contribution in [-0.2, 0) is 13.5 Å². The molecule has 1 saturated heterocycles. The molecule has 0 aliphatic carbocycles. The molecule has 0 bridgehead atoms. The monoisotopic (exact) mass is 386 g/mol. The zero-order chi connectivity index (χ0) is 20.3. The van der Waals surface area contributed by atoms with Gasteiger partial charge in [0.2, 0.25) is 5.75 Å². The van der Waals surface area contributed by atoms with Crippen molar-refractivity contribution in [1.29, 1.82) is 0 Å². The summed E-state index contributed by atoms with van der Waals surface area (Å²) < 4.78 is 6.65. The van der Waals surface area contributed by atoms with E-state index >= 15 is 0 Å². The van der Waals surface area contributed by atoms with Crippen LogP contribution in [0.1, 0.15) is 28.8 Å². The lowest BCUT2D eigenvalue weighted by molar-refractivity contribution is 0.0632. The van der Waals surface area contributed by atoms with Crippen molar-refractivity contribution in [3.8, 4) is 11.5 Å². The predicted molar refractivity (Wildman–Crippen MR) is 105 cm³/mol. The van der Waals surface area contributed by atoms with Crippen molar-refractivity contribution in [3.05, 3.63) is 51.7 Å². The summed E-state index contributed by atoms with van der Waals surface area (Å²) in [6.45, 7) is 5.84. The molecule has 0 radical (unpaired) electrons. The number of phenols is 1. The number of aromatic nitrogens is 2. The number of rotatable bonds is 5. The first-order chi connectivity index (χ1) is 13.4. The predicted octanol–water partition coefficient (Wildman–Crippen LogP) is 0.863. The van der Waals surface area contributed by atoms with Gasteiger partial charge in [-0.15, -0.1) is 0 Å². The molecule has 8 nitrogen and oxygen atoms in total. The molecule has 0 atom stereocenters. The standard InChI is InChI=1S/C20H26N4O4/c1-4-23-9-11-24(12-10-23)19(26)17-18(28-3)20(27)22(2)16(21-17)13-14-5-7-15(25)8-6-14/h5-8,25H,4,9-13H2,1-3H3. The van der Waals surface area contributed by atoms with Gasteiger partial charge in [-0.2, -0.15) is 0 Å². The molecule has 1 aromatic heterocycles. The van der Waals surface area contributed by atoms with Crippen molar-refractivity contribution in [2.45, 2.75) is 13.3 Å². The van der Waals surface area contributed by atoms with Gasteiger partial charge in [-0.3, -0.25) is 14.2 Å². The zero-order valence-corrected chi connectivity index (χ0v) is 16.5. The largest absolute Gasteiger partial charge is 0.508 e. The highest BCUT2D eigenvalue weighted by atomic mass is 16.5. The summed E-state index contributed by atoms with van der Waals surface area (Å²) in [5.74, 6) is 0.326. The van der Waals surface area contributed by atoms with Gasteiger partial charge in [0.1, 0.15) is 11.6 Å². The molecular weight excluding hydrogens is 360 g/mol. The first-order valence-corrected chi connectivity index (χ1v) is 9.38. The molecule has 0 spiro atoms. The number of carbonyl (C=O) groups is 1. The van der Waals surface area contributed by atoms with Crippen molar-refractivity contribution < 1.29 is 14.6 Å². The number of piperazine rings is 1. The normalized spacial score (nSPS) is 14.9. The first-order valence-electron chi connectivity index (χ1n) is 9.38. The van der Waals surface area contributed by atoms with E-state index in [1.165, 1.54) is 11.7 Å². The second kappa shape index (κ2) is 8.43. The molecule has 28 heavy (non-hydrogen) atoms. The number of methoxy groups -OCH3 is 1. The van der Waals surface area contributed by atoms with Crippen LogP contribution in [0.15, 0.2) is 29.1 Å². The summed E-state index contributed by atoms with van der Waals surface area (Å²) in [6, 6.07) is 6.68. The number of benzene rings is 1. The fraction of sp³-hybridized carbons (Fsp3) is 0.450. The third-order valence-electron chi connectivity index (χ3n) is 5.15. The molecular formula is C20H26N4O4. The van der Waals surface area contributed by atoms with Crippen LogP contribution < -0.4 is 10.3 Å². The molecule has 1 N–H and O–H groups in total. The smallest absolute Gasteiger partial charge is 0.296 e. The highest BCUT2D eigenvalue weighted by Crippen LogP contribution is 2.18. The van der Waals surface area contributed by atoms with E-state index < -0.39 is 0 Å². The molecule has 1 aromatic carbocycles. The maximum Gasteiger partial charge on any atom is 0.296 e. The van der Waals surface area contributed by atoms with Crippen LogP contribution in [-0.4, -0.2) is 70.2 Å². The number of carbonyl (C=O) groups excluding carboxylic acids is 1. The van der Waals surface area contributed by atoms with E-state index in [0.717, 1.165) is 25.2 Å². The lowest BCUT2D eigenvalue weighted by Crippen LogP contribution is -2.49. The van der Waals surface area contributed by atoms with Gasteiger partial charge in [0.05, 0.1) is 7.11 Å². The summed E-state index contributed by atoms with van der Waals surface area (Å²) in [7, 11) is 2.99. The number of ether oxygens (including phenoxy) is 1. The molecule has 0 saturated carbocycles. The number of aromatic hydroxyl groups is 1. The van der Waals surface area contributed by atoms with Gasteiger partial charge in [-0.1, -0.05) is 19.1 Å². The maximum absolute atomic E-state index is 13.1. The Morgan fingerprint density at radius 3 is 2.39 bits per heavy atom. The Labute approximate surface area is 164 Å². The van der Waals surface area contributed by atoms with Gasteiger partial charge >= 0.3 is 0 Å². The van der Waals surface area contributed by atoms with E-state index in [-0.39, 0.29) is 28.7 Å². The Morgan fingerprint density at radius 1 is 1.18 bits per heavy atom. The Balaban J connectivity index is 1.93. The molecule has 150 valence electrons. The third-order valence-corrected chi connectivity index (χ3v) is 5.15. The maximum atomic E-state index is 13.1. The molecule has 2 heterocycles. The van der Waals surface area contributed by atoms with Crippen LogP contribution in [0.2, 0.25) is 0 Å². The van der Waals surface area contributed by atoms with E-state index in [0.29, 0.717) is 25.3 Å². The van der Waals surface area contributed by atoms with E-state index in [4.69, 9.17) is 4.74 Å². The Kier molecular flexibility index (Phi) is 5.99. The van der Waals surface area contributed by atoms with Gasteiger partial charge in [0.25, 0.3) is 11.5 Å². The molecule has 1 amide bonds. The zero-order valence-electron chi connectivity index (χ0n) is 16.5. The molecule has 1 aliphatic rings. The molecule has 0 unspecified atom stereocenters. The minimum Gasteiger partial charge on any atom is -0.508 e. The van der Waals surface area contributed by atoms with Gasteiger partial charge in [-0.25, -0.2) is 4.98 Å². The summed E-state index contributed by atoms with van der Waals surface area (Å²) in [6.07, 6.45) is 0.361. The van der Waals surface area contributed by atoms with Gasteiger partial charge in [-0.05, 0) is 24.2 Å². The van der Waals surface area contributed by atoms with Crippen LogP contribution in [0.5, 0.6) is 11.5 Å². The summed E-state index contributed by atoms with van der Waals surface area (Å²) in [5, 5.41) is 9.45. The van der Waals surface area contributed by atoms with Crippen LogP contribution in [0, 0.1) is 0 Å². The molecule has 1 fully saturated rings. The van der Waals surface area contributed by atoms with Crippen molar-refractivity contribution in [1.82, 2.24) is 19.4 Å². The number of nitrogens with zero attached hydrogens (tertiary/aromatic N) is 4. The topological polar surface area (TPSA) is 87.9 Å². The van der Waals surface area contributed by atoms with E-state index in [2.05, 4.69) is 16.8 Å². The SMILES string of the molecule is CCN1CCN(C(=O)c2nc(Cc3ccc(O)cc3)n(C)c(=O)c2OC)CC1. The quantitative estimate of drug-likeness (QED) is 0.820. The van der Waals surface area contributed by atoms with Crippen LogP contribution in [0.3, 0.4) is 0 Å². The summed E-state index contributed by atoms with van der Waals surface area (Å²) in [4.78, 5) is 34.3. The minimum atomic E-state index is -0.387. The van der Waals surface area contributed by atoms with Crippen molar-refractivity contribution >= 4 is 5.91 Å². The van der Waals surface area contributed by atoms with E-state index in [1.54, 1.807) is 36.2 Å². The molecule has 8 heteroatoms. The fourth-order valence-corrected chi connectivity index (χ4v) is 3.33. The Hall–Kier alpha value is -2.87. The van der Waals surface area contributed by atoms with Gasteiger partial charge in [0.15, 0.2) is 5.69 Å². The van der Waals surface area contributed by atoms with Crippen molar-refractivity contribution in [2.24, 2.45) is 7.05 Å². The van der Waals surface area contributed by atoms with Gasteiger partial charge < -0.3 is 19.6 Å². The highest BCUT2D eigenvalue weighted by Gasteiger charge is 2.28. The van der Waals surface area contributed by atoms with Crippen LogP contribution >= 0.6 is 0 Å². The average Bonchev–Trinajstić information content (AvgIpc) is 2.72. The molecule has 1 aliphatic heterocycles. The van der Waals surface area contributed by atoms with Crippen LogP contribution in [0.4, 0.5) is 0 Å². The number of likely N-dealkylation sites (N-methyl/N-ethyl adjacent to an activating group) is 1. The number of hydrogen-bond donors (Lipinski definition) is 1. The van der Waals surface area contributed by atoms with E-state index in [9.17, 15) is 14.7 Å². The minimum absolute atomic E-state index is 0.0279. The van der Waals surface area contributed by atoms with Crippen LogP contribution in [0.25, 0.3) is 0 Å². The second-order valence-electron chi connectivity index (χ2n) is 6.84. The average molecular weight is 386 g/mol. The number of amides is 1. The Bertz CT molecular complexity index is 900. The Morgan fingerprint density at radius 2 is 1.82 bits per heavy atom.